The Balaban J connectivity index is 1.19. The number of nitrogens with one attached hydrogen (secondary N) is 1. The van der Waals surface area contributed by atoms with Crippen LogP contribution < -0.4 is 10.1 Å². The third-order valence-electron chi connectivity index (χ3n) is 17.5. The zero-order chi connectivity index (χ0) is 50.3. The van der Waals surface area contributed by atoms with Gasteiger partial charge in [-0.05, 0) is 140 Å². The molecule has 11 atom stereocenters. The fourth-order valence-electron chi connectivity index (χ4n) is 13.9. The first kappa shape index (κ1) is 50.3. The molecule has 12 heteroatoms. The number of rotatable bonds is 9. The summed E-state index contributed by atoms with van der Waals surface area (Å²) in [7, 11) is 1.58. The molecule has 10 rings (SSSR count). The van der Waals surface area contributed by atoms with Crippen molar-refractivity contribution >= 4 is 23.4 Å². The van der Waals surface area contributed by atoms with E-state index in [1.165, 1.54) is 0 Å². The van der Waals surface area contributed by atoms with Gasteiger partial charge in [-0.1, -0.05) is 73.6 Å². The molecule has 382 valence electrons. The minimum atomic E-state index is -1.64. The first-order chi connectivity index (χ1) is 34.7. The van der Waals surface area contributed by atoms with Crippen molar-refractivity contribution in [3.63, 3.8) is 0 Å². The Morgan fingerprint density at radius 1 is 0.917 bits per heavy atom. The number of carbonyl (C=O) groups excluding carboxylic acids is 3. The highest BCUT2D eigenvalue weighted by Crippen LogP contribution is 2.58. The molecule has 7 aliphatic rings. The van der Waals surface area contributed by atoms with Crippen molar-refractivity contribution in [2.45, 2.75) is 157 Å². The Labute approximate surface area is 423 Å². The van der Waals surface area contributed by atoms with E-state index < -0.39 is 53.1 Å². The van der Waals surface area contributed by atoms with Crippen LogP contribution in [0.25, 0.3) is 0 Å². The van der Waals surface area contributed by atoms with Gasteiger partial charge in [-0.2, -0.15) is 0 Å². The highest BCUT2D eigenvalue weighted by atomic mass is 16.6. The number of anilines is 1. The summed E-state index contributed by atoms with van der Waals surface area (Å²) in [6.07, 6.45) is 11.7. The van der Waals surface area contributed by atoms with Crippen molar-refractivity contribution in [1.82, 2.24) is 0 Å². The van der Waals surface area contributed by atoms with Gasteiger partial charge in [0, 0.05) is 80.2 Å². The van der Waals surface area contributed by atoms with Crippen LogP contribution in [0, 0.1) is 41.4 Å². The number of allylic oxidation sites excluding steroid dienone is 2. The average molecular weight is 982 g/mol. The highest BCUT2D eigenvalue weighted by Gasteiger charge is 2.62. The number of methoxy groups -OCH3 is 1. The van der Waals surface area contributed by atoms with Gasteiger partial charge >= 0.3 is 11.9 Å². The Hall–Kier alpha value is -5.29. The van der Waals surface area contributed by atoms with Crippen LogP contribution in [-0.4, -0.2) is 86.9 Å². The summed E-state index contributed by atoms with van der Waals surface area (Å²) in [5.41, 5.74) is 2.69. The van der Waals surface area contributed by atoms with Crippen molar-refractivity contribution < 1.29 is 54.1 Å². The summed E-state index contributed by atoms with van der Waals surface area (Å²) >= 11 is 0. The van der Waals surface area contributed by atoms with Crippen molar-refractivity contribution in [2.75, 3.05) is 25.6 Å². The lowest BCUT2D eigenvalue weighted by molar-refractivity contribution is -0.221. The van der Waals surface area contributed by atoms with Crippen molar-refractivity contribution in [3.8, 4) is 23.3 Å². The molecule has 10 bridgehead atoms. The second-order valence-corrected chi connectivity index (χ2v) is 22.4. The van der Waals surface area contributed by atoms with Crippen LogP contribution in [-0.2, 0) is 49.7 Å². The third kappa shape index (κ3) is 10.2. The Morgan fingerprint density at radius 3 is 2.50 bits per heavy atom. The Morgan fingerprint density at radius 2 is 1.71 bits per heavy atom. The van der Waals surface area contributed by atoms with E-state index in [-0.39, 0.29) is 92.0 Å². The van der Waals surface area contributed by atoms with E-state index >= 15 is 4.79 Å². The number of fused-ring (bicyclic) bond motifs is 9. The molecule has 3 aliphatic heterocycles. The van der Waals surface area contributed by atoms with E-state index in [9.17, 15) is 35.1 Å². The molecular formula is C60H71NO11. The number of Topliss-reactive ketones (excluding diaryl/α,β-unsaturated/α-hetero) is 1. The second-order valence-electron chi connectivity index (χ2n) is 22.4. The van der Waals surface area contributed by atoms with Crippen LogP contribution in [0.1, 0.15) is 147 Å². The van der Waals surface area contributed by atoms with Crippen LogP contribution in [0.15, 0.2) is 72.3 Å². The zero-order valence-electron chi connectivity index (χ0n) is 41.7. The Bertz CT molecular complexity index is 2690. The number of esters is 2. The topological polar surface area (TPSA) is 192 Å². The van der Waals surface area contributed by atoms with Gasteiger partial charge in [0.25, 0.3) is 0 Å². The molecule has 3 fully saturated rings. The number of phenolic OH excluding ortho intramolecular Hbond substituents is 1. The maximum atomic E-state index is 15.6. The number of aliphatic hydroxyl groups excluding tert-OH is 2. The number of aromatic hydroxyl groups is 1. The van der Waals surface area contributed by atoms with Crippen molar-refractivity contribution in [1.29, 1.82) is 0 Å². The molecule has 0 saturated heterocycles. The lowest BCUT2D eigenvalue weighted by atomic mass is 9.49. The number of aliphatic hydroxyl groups is 4. The standard InChI is InChI=1S/C60H71NO11/c1-59(68,19-20-70-2)34-61-45-23-37(33-62)22-42(27-45)39-15-16-40-32-54(65)72-57-47(40)30-43(56(66)55(57)38-11-4-3-5-12-38)31-53-60(69)50-14-7-6-13-41(50)29-48-49(52(64)18-17-51(48)60)25-36-10-8-9-35(21-36)24-46(63)28-44(26-39)58(67)71-53/h6,8-10,13,21-23,27-28,30,38-41,46,48-51,53,61-63,66,68-69H,3-5,7,11-12,14,17-20,24-26,29,31-34H2,1-2H3/b44-28-/t39-,40-,41+,46-,48+,49+,50+,51-,53-,59-,60+/m1/s1. The molecule has 0 amide bonds. The molecular weight excluding hydrogens is 911 g/mol. The zero-order valence-corrected chi connectivity index (χ0v) is 41.7. The molecule has 0 radical (unpaired) electrons. The van der Waals surface area contributed by atoms with Gasteiger partial charge in [-0.15, -0.1) is 0 Å². The largest absolute Gasteiger partial charge is 0.507 e. The summed E-state index contributed by atoms with van der Waals surface area (Å²) in [5, 5.41) is 64.2. The molecule has 3 saturated carbocycles. The third-order valence-corrected chi connectivity index (χ3v) is 17.5. The predicted molar refractivity (Wildman–Crippen MR) is 271 cm³/mol. The first-order valence-electron chi connectivity index (χ1n) is 26.6. The highest BCUT2D eigenvalue weighted by molar-refractivity contribution is 5.89. The number of phenols is 1. The van der Waals surface area contributed by atoms with E-state index in [0.29, 0.717) is 78.0 Å². The number of hydrogen-bond acceptors (Lipinski definition) is 12. The van der Waals surface area contributed by atoms with Crippen LogP contribution in [0.5, 0.6) is 11.5 Å². The second kappa shape index (κ2) is 20.9. The van der Waals surface area contributed by atoms with Gasteiger partial charge in [0.2, 0.25) is 0 Å². The molecule has 4 aliphatic carbocycles. The Kier molecular flexibility index (Phi) is 14.6. The summed E-state index contributed by atoms with van der Waals surface area (Å²) < 4.78 is 18.4. The summed E-state index contributed by atoms with van der Waals surface area (Å²) in [5.74, 6) is 3.25. The molecule has 0 aromatic heterocycles. The lowest BCUT2D eigenvalue weighted by Crippen LogP contribution is -2.65. The number of ether oxygens (including phenoxy) is 3. The fraction of sp³-hybridized carbons (Fsp3) is 0.550. The summed E-state index contributed by atoms with van der Waals surface area (Å²) in [6.45, 7) is 1.94. The molecule has 12 nitrogen and oxygen atoms in total. The first-order valence-corrected chi connectivity index (χ1v) is 26.6. The van der Waals surface area contributed by atoms with Crippen LogP contribution >= 0.6 is 0 Å². The quantitative estimate of drug-likeness (QED) is 0.0523. The number of hydrogen-bond donors (Lipinski definition) is 6. The van der Waals surface area contributed by atoms with Gasteiger partial charge < -0.3 is 45.1 Å². The van der Waals surface area contributed by atoms with Gasteiger partial charge in [-0.25, -0.2) is 4.79 Å². The monoisotopic (exact) mass is 982 g/mol. The van der Waals surface area contributed by atoms with E-state index in [1.807, 2.05) is 42.5 Å². The predicted octanol–water partition coefficient (Wildman–Crippen LogP) is 8.18. The lowest BCUT2D eigenvalue weighted by Gasteiger charge is -2.58. The minimum Gasteiger partial charge on any atom is -0.507 e. The van der Waals surface area contributed by atoms with Gasteiger partial charge in [0.05, 0.1) is 30.7 Å². The molecule has 3 heterocycles. The van der Waals surface area contributed by atoms with Crippen LogP contribution in [0.2, 0.25) is 0 Å². The molecule has 0 spiro atoms. The minimum absolute atomic E-state index is 0.0259. The normalized spacial score (nSPS) is 32.0. The van der Waals surface area contributed by atoms with E-state index in [0.717, 1.165) is 49.7 Å². The summed E-state index contributed by atoms with van der Waals surface area (Å²) in [6, 6.07) is 15.3. The average Bonchev–Trinajstić information content (AvgIpc) is 3.37. The van der Waals surface area contributed by atoms with Gasteiger partial charge in [0.15, 0.2) is 0 Å². The van der Waals surface area contributed by atoms with E-state index in [4.69, 9.17) is 14.2 Å². The molecule has 3 aromatic rings. The molecule has 3 aromatic carbocycles. The van der Waals surface area contributed by atoms with Gasteiger partial charge in [0.1, 0.15) is 29.0 Å². The smallest absolute Gasteiger partial charge is 0.334 e. The molecule has 72 heavy (non-hydrogen) atoms. The fourth-order valence-corrected chi connectivity index (χ4v) is 13.9. The number of carbonyl (C=O) groups is 3. The number of benzene rings is 3. The van der Waals surface area contributed by atoms with E-state index in [1.54, 1.807) is 26.2 Å². The maximum Gasteiger partial charge on any atom is 0.334 e. The maximum absolute atomic E-state index is 15.6. The number of ketones is 1. The van der Waals surface area contributed by atoms with Crippen molar-refractivity contribution in [2.24, 2.45) is 29.6 Å². The summed E-state index contributed by atoms with van der Waals surface area (Å²) in [4.78, 5) is 43.7. The molecule has 0 unspecified atom stereocenters. The van der Waals surface area contributed by atoms with Gasteiger partial charge in [-0.3, -0.25) is 9.59 Å². The van der Waals surface area contributed by atoms with Crippen LogP contribution in [0.3, 0.4) is 0 Å². The van der Waals surface area contributed by atoms with E-state index in [2.05, 4.69) is 29.3 Å². The molecule has 6 N–H and O–H groups in total. The SMILES string of the molecule is COCC[C@@](C)(O)CNc1cc(CO)cc([C@@H]2C#C[C@@H]3CC(=O)Oc4c3cc(c(O)c4C3CCCCC3)C[C@H]3OC(=O)/C(=C\[C@H](O)Cc4cccc(c4)C[C@@H]4C(=O)CC[C@@H]5[C@H]4C[C@@H]4C=CCC[C@@H]4[C@]53O)C2)c1. The van der Waals surface area contributed by atoms with Crippen molar-refractivity contribution in [3.05, 3.63) is 111 Å². The van der Waals surface area contributed by atoms with Crippen LogP contribution in [0.4, 0.5) is 5.69 Å².